The molecule has 2 N–H and O–H groups in total. The zero-order chi connectivity index (χ0) is 15.9. The summed E-state index contributed by atoms with van der Waals surface area (Å²) in [5.41, 5.74) is 3.07. The molecule has 0 radical (unpaired) electrons. The Hall–Kier alpha value is -1.98. The SMILES string of the molecule is Cc1cc(Br)c2c(c1NCCO)C(=O)c1ccccc1C2=O. The van der Waals surface area contributed by atoms with Crippen LogP contribution in [0.25, 0.3) is 0 Å². The number of hydrogen-bond donors (Lipinski definition) is 2. The van der Waals surface area contributed by atoms with Crippen LogP contribution in [0.5, 0.6) is 0 Å². The number of carbonyl (C=O) groups excluding carboxylic acids is 2. The molecule has 0 heterocycles. The molecule has 0 amide bonds. The van der Waals surface area contributed by atoms with Gasteiger partial charge in [0.25, 0.3) is 0 Å². The van der Waals surface area contributed by atoms with Crippen molar-refractivity contribution in [3.8, 4) is 0 Å². The summed E-state index contributed by atoms with van der Waals surface area (Å²) in [5.74, 6) is -0.334. The number of halogens is 1. The minimum absolute atomic E-state index is 0.0526. The monoisotopic (exact) mass is 359 g/mol. The van der Waals surface area contributed by atoms with Crippen LogP contribution in [-0.4, -0.2) is 29.8 Å². The van der Waals surface area contributed by atoms with Gasteiger partial charge >= 0.3 is 0 Å². The predicted octanol–water partition coefficient (Wildman–Crippen LogP) is 2.94. The lowest BCUT2D eigenvalue weighted by Crippen LogP contribution is -2.24. The van der Waals surface area contributed by atoms with E-state index in [1.165, 1.54) is 0 Å². The van der Waals surface area contributed by atoms with E-state index in [9.17, 15) is 9.59 Å². The number of aryl methyl sites for hydroxylation is 1. The Morgan fingerprint density at radius 2 is 1.68 bits per heavy atom. The van der Waals surface area contributed by atoms with Gasteiger partial charge in [0, 0.05) is 27.8 Å². The summed E-state index contributed by atoms with van der Waals surface area (Å²) in [6.45, 7) is 2.13. The first-order valence-electron chi connectivity index (χ1n) is 6.92. The van der Waals surface area contributed by atoms with Crippen molar-refractivity contribution in [3.05, 3.63) is 62.6 Å². The van der Waals surface area contributed by atoms with Crippen molar-refractivity contribution in [1.29, 1.82) is 0 Å². The number of hydrogen-bond acceptors (Lipinski definition) is 4. The highest BCUT2D eigenvalue weighted by molar-refractivity contribution is 9.10. The lowest BCUT2D eigenvalue weighted by atomic mass is 9.82. The summed E-state index contributed by atoms with van der Waals surface area (Å²) in [5, 5.41) is 12.1. The van der Waals surface area contributed by atoms with E-state index in [0.717, 1.165) is 5.56 Å². The number of rotatable bonds is 3. The molecule has 0 unspecified atom stereocenters. The van der Waals surface area contributed by atoms with E-state index in [0.29, 0.717) is 39.0 Å². The molecule has 4 nitrogen and oxygen atoms in total. The van der Waals surface area contributed by atoms with Crippen molar-refractivity contribution in [2.45, 2.75) is 6.92 Å². The molecule has 0 bridgehead atoms. The summed E-state index contributed by atoms with van der Waals surface area (Å²) in [6.07, 6.45) is 0. The Morgan fingerprint density at radius 3 is 2.27 bits per heavy atom. The van der Waals surface area contributed by atoms with E-state index < -0.39 is 0 Å². The normalized spacial score (nSPS) is 12.9. The smallest absolute Gasteiger partial charge is 0.196 e. The number of fused-ring (bicyclic) bond motifs is 2. The molecule has 22 heavy (non-hydrogen) atoms. The topological polar surface area (TPSA) is 66.4 Å². The quantitative estimate of drug-likeness (QED) is 0.754. The molecular formula is C17H14BrNO3. The first-order valence-corrected chi connectivity index (χ1v) is 7.71. The molecule has 0 aliphatic heterocycles. The second-order valence-electron chi connectivity index (χ2n) is 5.15. The lowest BCUT2D eigenvalue weighted by Gasteiger charge is -2.23. The van der Waals surface area contributed by atoms with Gasteiger partial charge in [0.05, 0.1) is 17.7 Å². The molecule has 0 aromatic heterocycles. The van der Waals surface area contributed by atoms with Gasteiger partial charge in [-0.3, -0.25) is 9.59 Å². The van der Waals surface area contributed by atoms with Crippen molar-refractivity contribution >= 4 is 33.2 Å². The number of aliphatic hydroxyl groups excluding tert-OH is 1. The fourth-order valence-corrected chi connectivity index (χ4v) is 3.50. The molecule has 0 atom stereocenters. The summed E-state index contributed by atoms with van der Waals surface area (Å²) in [7, 11) is 0. The molecule has 0 saturated carbocycles. The average Bonchev–Trinajstić information content (AvgIpc) is 2.51. The van der Waals surface area contributed by atoms with Gasteiger partial charge < -0.3 is 10.4 Å². The molecule has 1 aliphatic carbocycles. The van der Waals surface area contributed by atoms with E-state index in [1.54, 1.807) is 24.3 Å². The highest BCUT2D eigenvalue weighted by atomic mass is 79.9. The Kier molecular flexibility index (Phi) is 3.85. The molecule has 0 spiro atoms. The van der Waals surface area contributed by atoms with Crippen LogP contribution in [-0.2, 0) is 0 Å². The average molecular weight is 360 g/mol. The fourth-order valence-electron chi connectivity index (χ4n) is 2.78. The third-order valence-electron chi connectivity index (χ3n) is 3.76. The molecule has 5 heteroatoms. The number of carbonyl (C=O) groups is 2. The number of aliphatic hydroxyl groups is 1. The van der Waals surface area contributed by atoms with Gasteiger partial charge in [-0.2, -0.15) is 0 Å². The maximum absolute atomic E-state index is 12.9. The van der Waals surface area contributed by atoms with E-state index in [2.05, 4.69) is 21.2 Å². The van der Waals surface area contributed by atoms with Crippen LogP contribution in [0.2, 0.25) is 0 Å². The van der Waals surface area contributed by atoms with Crippen LogP contribution < -0.4 is 5.32 Å². The maximum atomic E-state index is 12.9. The molecular weight excluding hydrogens is 346 g/mol. The molecule has 0 fully saturated rings. The van der Waals surface area contributed by atoms with E-state index >= 15 is 0 Å². The van der Waals surface area contributed by atoms with Gasteiger partial charge in [-0.25, -0.2) is 0 Å². The standard InChI is InChI=1S/C17H14BrNO3/c1-9-8-12(18)13-14(15(9)19-6-7-20)17(22)11-5-3-2-4-10(11)16(13)21/h2-5,8,19-20H,6-7H2,1H3. The lowest BCUT2D eigenvalue weighted by molar-refractivity contribution is 0.0979. The van der Waals surface area contributed by atoms with Crippen molar-refractivity contribution in [2.75, 3.05) is 18.5 Å². The Morgan fingerprint density at radius 1 is 1.09 bits per heavy atom. The summed E-state index contributed by atoms with van der Waals surface area (Å²) < 4.78 is 0.613. The van der Waals surface area contributed by atoms with Crippen molar-refractivity contribution in [1.82, 2.24) is 0 Å². The Balaban J connectivity index is 2.29. The van der Waals surface area contributed by atoms with Crippen LogP contribution in [0, 0.1) is 6.92 Å². The third-order valence-corrected chi connectivity index (χ3v) is 4.39. The molecule has 1 aliphatic rings. The van der Waals surface area contributed by atoms with Crippen LogP contribution in [0.15, 0.2) is 34.8 Å². The first kappa shape index (κ1) is 14.9. The van der Waals surface area contributed by atoms with Crippen LogP contribution in [0.1, 0.15) is 37.4 Å². The van der Waals surface area contributed by atoms with Gasteiger partial charge in [-0.05, 0) is 34.5 Å². The molecule has 2 aromatic carbocycles. The number of ketones is 2. The number of benzene rings is 2. The van der Waals surface area contributed by atoms with Crippen LogP contribution >= 0.6 is 15.9 Å². The van der Waals surface area contributed by atoms with E-state index in [1.807, 2.05) is 13.0 Å². The molecule has 2 aromatic rings. The zero-order valence-electron chi connectivity index (χ0n) is 11.9. The first-order chi connectivity index (χ1) is 10.6. The molecule has 0 saturated heterocycles. The largest absolute Gasteiger partial charge is 0.395 e. The van der Waals surface area contributed by atoms with E-state index in [4.69, 9.17) is 5.11 Å². The van der Waals surface area contributed by atoms with Gasteiger partial charge in [-0.15, -0.1) is 0 Å². The highest BCUT2D eigenvalue weighted by Crippen LogP contribution is 2.38. The van der Waals surface area contributed by atoms with Crippen molar-refractivity contribution in [2.24, 2.45) is 0 Å². The van der Waals surface area contributed by atoms with Gasteiger partial charge in [-0.1, -0.05) is 24.3 Å². The zero-order valence-corrected chi connectivity index (χ0v) is 13.5. The maximum Gasteiger partial charge on any atom is 0.196 e. The predicted molar refractivity (Wildman–Crippen MR) is 87.8 cm³/mol. The molecule has 3 rings (SSSR count). The Bertz CT molecular complexity index is 799. The summed E-state index contributed by atoms with van der Waals surface area (Å²) >= 11 is 3.40. The van der Waals surface area contributed by atoms with Gasteiger partial charge in [0.2, 0.25) is 0 Å². The van der Waals surface area contributed by atoms with Crippen molar-refractivity contribution < 1.29 is 14.7 Å². The summed E-state index contributed by atoms with van der Waals surface area (Å²) in [6, 6.07) is 8.66. The van der Waals surface area contributed by atoms with Crippen molar-refractivity contribution in [3.63, 3.8) is 0 Å². The van der Waals surface area contributed by atoms with Crippen LogP contribution in [0.3, 0.4) is 0 Å². The highest BCUT2D eigenvalue weighted by Gasteiger charge is 2.33. The van der Waals surface area contributed by atoms with Gasteiger partial charge in [0.15, 0.2) is 11.6 Å². The van der Waals surface area contributed by atoms with Gasteiger partial charge in [0.1, 0.15) is 0 Å². The van der Waals surface area contributed by atoms with Crippen LogP contribution in [0.4, 0.5) is 5.69 Å². The number of nitrogens with one attached hydrogen (secondary N) is 1. The Labute approximate surface area is 136 Å². The number of anilines is 1. The minimum atomic E-state index is -0.171. The molecule has 112 valence electrons. The summed E-state index contributed by atoms with van der Waals surface area (Å²) in [4.78, 5) is 25.6. The minimum Gasteiger partial charge on any atom is -0.395 e. The fraction of sp³-hybridized carbons (Fsp3) is 0.176. The third kappa shape index (κ3) is 2.17. The second-order valence-corrected chi connectivity index (χ2v) is 6.01. The second kappa shape index (κ2) is 5.66. The van der Waals surface area contributed by atoms with E-state index in [-0.39, 0.29) is 18.2 Å².